The van der Waals surface area contributed by atoms with Gasteiger partial charge in [-0.15, -0.1) is 0 Å². The lowest BCUT2D eigenvalue weighted by atomic mass is 9.99. The number of nitrogens with two attached hydrogens (primary N) is 4. The lowest BCUT2D eigenvalue weighted by molar-refractivity contribution is -0.111. The minimum atomic E-state index is -0.804. The molecule has 2 aromatic carbocycles. The zero-order valence-electron chi connectivity index (χ0n) is 16.9. The van der Waals surface area contributed by atoms with Gasteiger partial charge >= 0.3 is 0 Å². The number of carbonyl (C=O) groups is 5. The van der Waals surface area contributed by atoms with E-state index in [-0.39, 0.29) is 28.0 Å². The molecule has 2 aromatic rings. The number of amides is 4. The number of primary amides is 4. The molecule has 9 heteroatoms. The first-order chi connectivity index (χ1) is 15.1. The molecule has 162 valence electrons. The maximum atomic E-state index is 12.8. The third-order valence-corrected chi connectivity index (χ3v) is 5.08. The van der Waals surface area contributed by atoms with Crippen molar-refractivity contribution in [3.8, 4) is 0 Å². The molecule has 1 aliphatic carbocycles. The normalized spacial score (nSPS) is 15.8. The summed E-state index contributed by atoms with van der Waals surface area (Å²) in [5.41, 5.74) is 23.2. The molecule has 1 saturated carbocycles. The number of ketones is 1. The molecule has 3 rings (SSSR count). The van der Waals surface area contributed by atoms with Crippen molar-refractivity contribution >= 4 is 41.6 Å². The van der Waals surface area contributed by atoms with Crippen LogP contribution in [0, 0.1) is 0 Å². The number of allylic oxidation sites excluding steroid dienone is 2. The van der Waals surface area contributed by atoms with Crippen LogP contribution in [0.5, 0.6) is 0 Å². The quantitative estimate of drug-likeness (QED) is 0.492. The second-order valence-electron chi connectivity index (χ2n) is 7.24. The van der Waals surface area contributed by atoms with Crippen LogP contribution in [0.2, 0.25) is 0 Å². The van der Waals surface area contributed by atoms with Crippen LogP contribution in [-0.4, -0.2) is 29.4 Å². The minimum Gasteiger partial charge on any atom is -0.366 e. The van der Waals surface area contributed by atoms with E-state index in [0.29, 0.717) is 35.1 Å². The second-order valence-corrected chi connectivity index (χ2v) is 7.24. The molecule has 8 N–H and O–H groups in total. The van der Waals surface area contributed by atoms with E-state index in [4.69, 9.17) is 22.9 Å². The minimum absolute atomic E-state index is 0.00245. The van der Waals surface area contributed by atoms with Gasteiger partial charge in [-0.3, -0.25) is 24.0 Å². The lowest BCUT2D eigenvalue weighted by Gasteiger charge is -2.05. The lowest BCUT2D eigenvalue weighted by Crippen LogP contribution is -2.20. The van der Waals surface area contributed by atoms with E-state index >= 15 is 0 Å². The molecule has 0 aliphatic heterocycles. The zero-order chi connectivity index (χ0) is 23.6. The Balaban J connectivity index is 1.93. The fraction of sp³-hybridized carbons (Fsp3) is 0.0870. The summed E-state index contributed by atoms with van der Waals surface area (Å²) in [6.07, 6.45) is 4.14. The second kappa shape index (κ2) is 8.68. The Morgan fingerprint density at radius 3 is 1.25 bits per heavy atom. The van der Waals surface area contributed by atoms with Crippen LogP contribution in [0.3, 0.4) is 0 Å². The maximum absolute atomic E-state index is 12.8. The summed E-state index contributed by atoms with van der Waals surface area (Å²) in [7, 11) is 0. The average molecular weight is 432 g/mol. The van der Waals surface area contributed by atoms with Crippen molar-refractivity contribution in [1.82, 2.24) is 0 Å². The monoisotopic (exact) mass is 432 g/mol. The van der Waals surface area contributed by atoms with Crippen LogP contribution < -0.4 is 22.9 Å². The Morgan fingerprint density at radius 2 is 0.938 bits per heavy atom. The topological polar surface area (TPSA) is 189 Å². The Morgan fingerprint density at radius 1 is 0.594 bits per heavy atom. The van der Waals surface area contributed by atoms with Gasteiger partial charge in [-0.05, 0) is 60.4 Å². The number of hydrogen-bond acceptors (Lipinski definition) is 5. The molecule has 1 fully saturated rings. The molecule has 1 aliphatic rings. The summed E-state index contributed by atoms with van der Waals surface area (Å²) < 4.78 is 0. The molecule has 9 nitrogen and oxygen atoms in total. The van der Waals surface area contributed by atoms with Gasteiger partial charge in [0.05, 0.1) is 22.3 Å². The first-order valence-corrected chi connectivity index (χ1v) is 9.51. The molecule has 32 heavy (non-hydrogen) atoms. The van der Waals surface area contributed by atoms with Crippen LogP contribution in [0.4, 0.5) is 0 Å². The number of Topliss-reactive ketones (excluding diaryl/α,β-unsaturated/α-hetero) is 1. The van der Waals surface area contributed by atoms with Crippen molar-refractivity contribution in [2.45, 2.75) is 12.8 Å². The molecule has 0 aromatic heterocycles. The summed E-state index contributed by atoms with van der Waals surface area (Å²) in [4.78, 5) is 59.0. The van der Waals surface area contributed by atoms with E-state index in [2.05, 4.69) is 0 Å². The standard InChI is InChI=1S/C23H20N4O5/c24-20(29)15-5-1-11(9-17(15)22(26)31)7-13-3-4-14(19(13)28)8-12-2-6-16(21(25)30)18(10-12)23(27)32/h1-2,5-10H,3-4H2,(H2,24,29)(H2,25,30)(H2,26,31)(H2,27,32). The Hall–Kier alpha value is -4.53. The van der Waals surface area contributed by atoms with E-state index in [1.807, 2.05) is 0 Å². The first kappa shape index (κ1) is 22.2. The molecule has 0 spiro atoms. The smallest absolute Gasteiger partial charge is 0.249 e. The summed E-state index contributed by atoms with van der Waals surface area (Å²) in [5.74, 6) is -3.37. The van der Waals surface area contributed by atoms with Gasteiger partial charge in [-0.1, -0.05) is 12.1 Å². The van der Waals surface area contributed by atoms with Crippen LogP contribution >= 0.6 is 0 Å². The molecular weight excluding hydrogens is 412 g/mol. The molecule has 0 radical (unpaired) electrons. The SMILES string of the molecule is NC(=O)c1ccc(C=C2CCC(=Cc3ccc(C(N)=O)c(C(N)=O)c3)C2=O)cc1C(N)=O. The zero-order valence-corrected chi connectivity index (χ0v) is 16.9. The highest BCUT2D eigenvalue weighted by Crippen LogP contribution is 2.30. The van der Waals surface area contributed by atoms with E-state index < -0.39 is 23.6 Å². The van der Waals surface area contributed by atoms with E-state index in [1.165, 1.54) is 24.3 Å². The molecule has 0 unspecified atom stereocenters. The average Bonchev–Trinajstić information content (AvgIpc) is 3.06. The van der Waals surface area contributed by atoms with Gasteiger partial charge in [0.25, 0.3) is 0 Å². The highest BCUT2D eigenvalue weighted by molar-refractivity contribution is 6.16. The van der Waals surface area contributed by atoms with Gasteiger partial charge in [0.2, 0.25) is 23.6 Å². The van der Waals surface area contributed by atoms with Crippen molar-refractivity contribution in [3.63, 3.8) is 0 Å². The Labute approximate surface area is 182 Å². The van der Waals surface area contributed by atoms with Crippen LogP contribution in [-0.2, 0) is 4.79 Å². The summed E-state index contributed by atoms with van der Waals surface area (Å²) in [5, 5.41) is 0. The van der Waals surface area contributed by atoms with Crippen molar-refractivity contribution < 1.29 is 24.0 Å². The van der Waals surface area contributed by atoms with Crippen molar-refractivity contribution in [2.24, 2.45) is 22.9 Å². The van der Waals surface area contributed by atoms with Gasteiger partial charge < -0.3 is 22.9 Å². The van der Waals surface area contributed by atoms with E-state index in [0.717, 1.165) is 0 Å². The predicted molar refractivity (Wildman–Crippen MR) is 117 cm³/mol. The fourth-order valence-corrected chi connectivity index (χ4v) is 3.52. The molecule has 0 saturated heterocycles. The third kappa shape index (κ3) is 4.46. The molecule has 4 amide bonds. The number of carbonyl (C=O) groups excluding carboxylic acids is 5. The molecular formula is C23H20N4O5. The van der Waals surface area contributed by atoms with Crippen molar-refractivity contribution in [3.05, 3.63) is 80.9 Å². The fourth-order valence-electron chi connectivity index (χ4n) is 3.52. The summed E-state index contributed by atoms with van der Waals surface area (Å²) in [6, 6.07) is 8.72. The molecule has 0 atom stereocenters. The molecule has 0 bridgehead atoms. The van der Waals surface area contributed by atoms with Gasteiger partial charge in [0.1, 0.15) is 0 Å². The highest BCUT2D eigenvalue weighted by Gasteiger charge is 2.24. The third-order valence-electron chi connectivity index (χ3n) is 5.08. The summed E-state index contributed by atoms with van der Waals surface area (Å²) >= 11 is 0. The maximum Gasteiger partial charge on any atom is 0.249 e. The van der Waals surface area contributed by atoms with Gasteiger partial charge in [0, 0.05) is 11.1 Å². The van der Waals surface area contributed by atoms with E-state index in [9.17, 15) is 24.0 Å². The predicted octanol–water partition coefficient (Wildman–Crippen LogP) is 0.912. The van der Waals surface area contributed by atoms with Crippen molar-refractivity contribution in [2.75, 3.05) is 0 Å². The van der Waals surface area contributed by atoms with Gasteiger partial charge in [-0.25, -0.2) is 0 Å². The largest absolute Gasteiger partial charge is 0.366 e. The van der Waals surface area contributed by atoms with E-state index in [1.54, 1.807) is 24.3 Å². The van der Waals surface area contributed by atoms with Gasteiger partial charge in [-0.2, -0.15) is 0 Å². The number of benzene rings is 2. The number of hydrogen-bond donors (Lipinski definition) is 4. The highest BCUT2D eigenvalue weighted by atomic mass is 16.2. The Bertz CT molecular complexity index is 1160. The molecule has 0 heterocycles. The first-order valence-electron chi connectivity index (χ1n) is 9.51. The van der Waals surface area contributed by atoms with Crippen molar-refractivity contribution in [1.29, 1.82) is 0 Å². The van der Waals surface area contributed by atoms with Crippen LogP contribution in [0.25, 0.3) is 12.2 Å². The van der Waals surface area contributed by atoms with Crippen LogP contribution in [0.15, 0.2) is 47.5 Å². The van der Waals surface area contributed by atoms with Crippen LogP contribution in [0.1, 0.15) is 65.4 Å². The summed E-state index contributed by atoms with van der Waals surface area (Å²) in [6.45, 7) is 0. The van der Waals surface area contributed by atoms with Gasteiger partial charge in [0.15, 0.2) is 5.78 Å². The number of rotatable bonds is 6. The Kier molecular flexibility index (Phi) is 6.01.